The Hall–Kier alpha value is -3.88. The van der Waals surface area contributed by atoms with Crippen molar-refractivity contribution in [3.63, 3.8) is 0 Å². The number of Topliss-reactive ketones (excluding diaryl/α,β-unsaturated/α-hetero) is 1. The molecule has 0 aliphatic carbocycles. The van der Waals surface area contributed by atoms with Crippen LogP contribution in [-0.4, -0.2) is 26.9 Å². The van der Waals surface area contributed by atoms with Gasteiger partial charge in [0.1, 0.15) is 0 Å². The number of hydrogen-bond acceptors (Lipinski definition) is 8. The van der Waals surface area contributed by atoms with E-state index < -0.39 is 17.0 Å². The van der Waals surface area contributed by atoms with Crippen molar-refractivity contribution < 1.29 is 23.7 Å². The average Bonchev–Trinajstić information content (AvgIpc) is 3.23. The molecule has 148 valence electrons. The summed E-state index contributed by atoms with van der Waals surface area (Å²) in [5.74, 6) is -0.469. The molecule has 0 spiro atoms. The van der Waals surface area contributed by atoms with Crippen molar-refractivity contribution in [2.75, 3.05) is 0 Å². The van der Waals surface area contributed by atoms with Crippen LogP contribution < -0.4 is 0 Å². The first kappa shape index (κ1) is 19.9. The second-order valence-electron chi connectivity index (χ2n) is 6.17. The molecule has 29 heavy (non-hydrogen) atoms. The molecule has 0 bridgehead atoms. The first-order chi connectivity index (χ1) is 13.9. The zero-order valence-corrected chi connectivity index (χ0v) is 15.5. The number of nitro benzene ring substituents is 1. The molecule has 0 amide bonds. The Bertz CT molecular complexity index is 1010. The van der Waals surface area contributed by atoms with Crippen LogP contribution in [0, 0.1) is 10.1 Å². The van der Waals surface area contributed by atoms with Gasteiger partial charge < -0.3 is 9.15 Å². The molecule has 1 atom stereocenters. The van der Waals surface area contributed by atoms with Crippen molar-refractivity contribution in [1.29, 1.82) is 0 Å². The fourth-order valence-corrected chi connectivity index (χ4v) is 2.53. The number of carbonyl (C=O) groups excluding carboxylic acids is 2. The second kappa shape index (κ2) is 8.87. The summed E-state index contributed by atoms with van der Waals surface area (Å²) in [5.41, 5.74) is 0.986. The van der Waals surface area contributed by atoms with Crippen LogP contribution >= 0.6 is 0 Å². The summed E-state index contributed by atoms with van der Waals surface area (Å²) in [5, 5.41) is 18.4. The highest BCUT2D eigenvalue weighted by molar-refractivity contribution is 5.97. The Balaban J connectivity index is 1.55. The lowest BCUT2D eigenvalue weighted by molar-refractivity contribution is -0.384. The van der Waals surface area contributed by atoms with Crippen LogP contribution in [0.2, 0.25) is 0 Å². The Morgan fingerprint density at radius 3 is 2.41 bits per heavy atom. The third kappa shape index (κ3) is 5.10. The lowest BCUT2D eigenvalue weighted by Crippen LogP contribution is -2.11. The van der Waals surface area contributed by atoms with Gasteiger partial charge in [-0.1, -0.05) is 30.3 Å². The molecule has 0 saturated heterocycles. The zero-order chi connectivity index (χ0) is 20.8. The van der Waals surface area contributed by atoms with E-state index in [0.717, 1.165) is 0 Å². The van der Waals surface area contributed by atoms with Gasteiger partial charge in [-0.2, -0.15) is 0 Å². The minimum Gasteiger partial charge on any atom is -0.453 e. The van der Waals surface area contributed by atoms with Crippen molar-refractivity contribution in [3.8, 4) is 11.5 Å². The molecule has 1 heterocycles. The van der Waals surface area contributed by atoms with E-state index in [9.17, 15) is 19.7 Å². The summed E-state index contributed by atoms with van der Waals surface area (Å²) in [4.78, 5) is 34.3. The fraction of sp³-hybridized carbons (Fsp3) is 0.200. The van der Waals surface area contributed by atoms with E-state index in [4.69, 9.17) is 9.15 Å². The Morgan fingerprint density at radius 2 is 1.76 bits per heavy atom. The maximum absolute atomic E-state index is 12.0. The van der Waals surface area contributed by atoms with Gasteiger partial charge in [0.15, 0.2) is 11.9 Å². The van der Waals surface area contributed by atoms with Gasteiger partial charge in [0.05, 0.1) is 11.3 Å². The van der Waals surface area contributed by atoms with Crippen molar-refractivity contribution in [1.82, 2.24) is 10.2 Å². The van der Waals surface area contributed by atoms with Gasteiger partial charge in [0, 0.05) is 29.7 Å². The highest BCUT2D eigenvalue weighted by Crippen LogP contribution is 2.24. The second-order valence-corrected chi connectivity index (χ2v) is 6.17. The number of esters is 1. The van der Waals surface area contributed by atoms with Crippen LogP contribution in [0.4, 0.5) is 5.69 Å². The first-order valence-corrected chi connectivity index (χ1v) is 8.80. The molecule has 3 rings (SSSR count). The average molecular weight is 395 g/mol. The maximum Gasteiger partial charge on any atom is 0.307 e. The number of carbonyl (C=O) groups is 2. The molecule has 0 fully saturated rings. The van der Waals surface area contributed by atoms with E-state index in [-0.39, 0.29) is 36.1 Å². The molecule has 9 heteroatoms. The van der Waals surface area contributed by atoms with E-state index in [0.29, 0.717) is 11.1 Å². The number of benzene rings is 2. The van der Waals surface area contributed by atoms with Crippen LogP contribution in [0.3, 0.4) is 0 Å². The monoisotopic (exact) mass is 395 g/mol. The van der Waals surface area contributed by atoms with Gasteiger partial charge in [-0.3, -0.25) is 19.7 Å². The zero-order valence-electron chi connectivity index (χ0n) is 15.5. The SMILES string of the molecule is CC(OC(=O)CCC(=O)c1ccccc1)c1nnc(-c2ccc([N+](=O)[O-])cc2)o1. The first-order valence-electron chi connectivity index (χ1n) is 8.80. The molecule has 0 aliphatic heterocycles. The van der Waals surface area contributed by atoms with Gasteiger partial charge in [0.25, 0.3) is 11.6 Å². The van der Waals surface area contributed by atoms with Crippen molar-refractivity contribution in [2.24, 2.45) is 0 Å². The molecule has 0 N–H and O–H groups in total. The van der Waals surface area contributed by atoms with Crippen LogP contribution in [-0.2, 0) is 9.53 Å². The molecule has 9 nitrogen and oxygen atoms in total. The summed E-state index contributed by atoms with van der Waals surface area (Å²) < 4.78 is 10.7. The van der Waals surface area contributed by atoms with E-state index in [1.54, 1.807) is 31.2 Å². The smallest absolute Gasteiger partial charge is 0.307 e. The molecule has 0 aliphatic rings. The third-order valence-corrected chi connectivity index (χ3v) is 4.07. The topological polar surface area (TPSA) is 125 Å². The van der Waals surface area contributed by atoms with Crippen LogP contribution in [0.5, 0.6) is 0 Å². The van der Waals surface area contributed by atoms with E-state index in [1.165, 1.54) is 24.3 Å². The third-order valence-electron chi connectivity index (χ3n) is 4.07. The quantitative estimate of drug-likeness (QED) is 0.243. The minimum atomic E-state index is -0.798. The number of nitrogens with zero attached hydrogens (tertiary/aromatic N) is 3. The summed E-state index contributed by atoms with van der Waals surface area (Å²) in [6.07, 6.45) is -0.830. The number of aromatic nitrogens is 2. The number of hydrogen-bond donors (Lipinski definition) is 0. The number of ketones is 1. The molecule has 0 saturated carbocycles. The van der Waals surface area contributed by atoms with E-state index >= 15 is 0 Å². The fourth-order valence-electron chi connectivity index (χ4n) is 2.53. The van der Waals surface area contributed by atoms with Crippen molar-refractivity contribution in [3.05, 3.63) is 76.2 Å². The van der Waals surface area contributed by atoms with Gasteiger partial charge in [-0.25, -0.2) is 0 Å². The van der Waals surface area contributed by atoms with Gasteiger partial charge in [-0.15, -0.1) is 10.2 Å². The van der Waals surface area contributed by atoms with E-state index in [2.05, 4.69) is 10.2 Å². The standard InChI is InChI=1S/C20H17N3O6/c1-13(28-18(25)12-11-17(24)14-5-3-2-4-6-14)19-21-22-20(29-19)15-7-9-16(10-8-15)23(26)27/h2-10,13H,11-12H2,1H3. The van der Waals surface area contributed by atoms with Crippen LogP contribution in [0.25, 0.3) is 11.5 Å². The molecule has 2 aromatic carbocycles. The van der Waals surface area contributed by atoms with Gasteiger partial charge in [0.2, 0.25) is 5.89 Å². The van der Waals surface area contributed by atoms with Crippen molar-refractivity contribution in [2.45, 2.75) is 25.9 Å². The number of non-ortho nitro benzene ring substituents is 1. The maximum atomic E-state index is 12.0. The largest absolute Gasteiger partial charge is 0.453 e. The molecule has 3 aromatic rings. The summed E-state index contributed by atoms with van der Waals surface area (Å²) >= 11 is 0. The Morgan fingerprint density at radius 1 is 1.07 bits per heavy atom. The number of rotatable bonds is 8. The van der Waals surface area contributed by atoms with Crippen LogP contribution in [0.15, 0.2) is 59.0 Å². The predicted octanol–water partition coefficient (Wildman–Crippen LogP) is 3.91. The highest BCUT2D eigenvalue weighted by atomic mass is 16.6. The molecule has 1 aromatic heterocycles. The molecule has 1 unspecified atom stereocenters. The summed E-state index contributed by atoms with van der Waals surface area (Å²) in [6, 6.07) is 14.3. The molecular formula is C20H17N3O6. The lowest BCUT2D eigenvalue weighted by atomic mass is 10.1. The van der Waals surface area contributed by atoms with Gasteiger partial charge >= 0.3 is 5.97 Å². The molecule has 0 radical (unpaired) electrons. The Kier molecular flexibility index (Phi) is 6.08. The number of ether oxygens (including phenoxy) is 1. The van der Waals surface area contributed by atoms with Gasteiger partial charge in [-0.05, 0) is 19.1 Å². The lowest BCUT2D eigenvalue weighted by Gasteiger charge is -2.09. The normalized spacial score (nSPS) is 11.6. The van der Waals surface area contributed by atoms with E-state index in [1.807, 2.05) is 6.07 Å². The minimum absolute atomic E-state index is 0.0352. The van der Waals surface area contributed by atoms with Crippen molar-refractivity contribution >= 4 is 17.4 Å². The highest BCUT2D eigenvalue weighted by Gasteiger charge is 2.20. The van der Waals surface area contributed by atoms with Crippen LogP contribution in [0.1, 0.15) is 42.1 Å². The number of nitro groups is 1. The Labute approximate surface area is 165 Å². The molecular weight excluding hydrogens is 378 g/mol. The predicted molar refractivity (Wildman–Crippen MR) is 101 cm³/mol. The summed E-state index contributed by atoms with van der Waals surface area (Å²) in [6.45, 7) is 1.57. The summed E-state index contributed by atoms with van der Waals surface area (Å²) in [7, 11) is 0.